The fourth-order valence-corrected chi connectivity index (χ4v) is 1.53. The SMILES string of the molecule is C=C(CNc1cccc2[nH]ccc12)C(N)=O. The van der Waals surface area contributed by atoms with Gasteiger partial charge in [-0.25, -0.2) is 0 Å². The van der Waals surface area contributed by atoms with Crippen LogP contribution in [0, 0.1) is 0 Å². The van der Waals surface area contributed by atoms with Gasteiger partial charge in [0.05, 0.1) is 0 Å². The minimum atomic E-state index is -0.478. The molecule has 0 saturated heterocycles. The van der Waals surface area contributed by atoms with E-state index in [1.54, 1.807) is 0 Å². The van der Waals surface area contributed by atoms with E-state index < -0.39 is 5.91 Å². The molecule has 82 valence electrons. The molecule has 2 aromatic rings. The number of anilines is 1. The van der Waals surface area contributed by atoms with E-state index in [1.807, 2.05) is 30.5 Å². The lowest BCUT2D eigenvalue weighted by atomic mass is 10.2. The summed E-state index contributed by atoms with van der Waals surface area (Å²) < 4.78 is 0. The van der Waals surface area contributed by atoms with E-state index >= 15 is 0 Å². The first-order chi connectivity index (χ1) is 7.68. The molecule has 0 atom stereocenters. The van der Waals surface area contributed by atoms with E-state index in [0.717, 1.165) is 16.6 Å². The third kappa shape index (κ3) is 1.91. The van der Waals surface area contributed by atoms with Crippen LogP contribution in [0.3, 0.4) is 0 Å². The van der Waals surface area contributed by atoms with Gasteiger partial charge in [-0.3, -0.25) is 4.79 Å². The van der Waals surface area contributed by atoms with Gasteiger partial charge in [0, 0.05) is 34.9 Å². The Balaban J connectivity index is 2.18. The smallest absolute Gasteiger partial charge is 0.245 e. The number of primary amides is 1. The van der Waals surface area contributed by atoms with Crippen LogP contribution in [0.15, 0.2) is 42.6 Å². The van der Waals surface area contributed by atoms with Crippen molar-refractivity contribution in [2.45, 2.75) is 0 Å². The highest BCUT2D eigenvalue weighted by Gasteiger charge is 2.03. The minimum Gasteiger partial charge on any atom is -0.380 e. The van der Waals surface area contributed by atoms with Crippen molar-refractivity contribution in [3.63, 3.8) is 0 Å². The summed E-state index contributed by atoms with van der Waals surface area (Å²) in [5.74, 6) is -0.478. The maximum Gasteiger partial charge on any atom is 0.245 e. The zero-order valence-electron chi connectivity index (χ0n) is 8.79. The largest absolute Gasteiger partial charge is 0.380 e. The van der Waals surface area contributed by atoms with Gasteiger partial charge in [0.1, 0.15) is 0 Å². The van der Waals surface area contributed by atoms with Gasteiger partial charge in [-0.2, -0.15) is 0 Å². The molecule has 1 aromatic carbocycles. The molecule has 1 heterocycles. The van der Waals surface area contributed by atoms with Crippen molar-refractivity contribution in [3.05, 3.63) is 42.6 Å². The van der Waals surface area contributed by atoms with Crippen molar-refractivity contribution in [1.29, 1.82) is 0 Å². The normalized spacial score (nSPS) is 10.2. The van der Waals surface area contributed by atoms with Gasteiger partial charge in [0.2, 0.25) is 5.91 Å². The van der Waals surface area contributed by atoms with Gasteiger partial charge in [0.25, 0.3) is 0 Å². The number of benzene rings is 1. The van der Waals surface area contributed by atoms with Crippen LogP contribution < -0.4 is 11.1 Å². The molecule has 0 bridgehead atoms. The maximum atomic E-state index is 10.8. The summed E-state index contributed by atoms with van der Waals surface area (Å²) in [7, 11) is 0. The summed E-state index contributed by atoms with van der Waals surface area (Å²) in [5, 5.41) is 4.22. The molecular formula is C12H13N3O. The molecule has 0 radical (unpaired) electrons. The number of hydrogen-bond acceptors (Lipinski definition) is 2. The fourth-order valence-electron chi connectivity index (χ4n) is 1.53. The molecule has 1 aromatic heterocycles. The number of nitrogens with one attached hydrogen (secondary N) is 2. The summed E-state index contributed by atoms with van der Waals surface area (Å²) in [4.78, 5) is 13.9. The van der Waals surface area contributed by atoms with Crippen molar-refractivity contribution in [1.82, 2.24) is 4.98 Å². The highest BCUT2D eigenvalue weighted by atomic mass is 16.1. The van der Waals surface area contributed by atoms with Crippen molar-refractivity contribution < 1.29 is 4.79 Å². The lowest BCUT2D eigenvalue weighted by Crippen LogP contribution is -2.19. The molecule has 0 aliphatic carbocycles. The second kappa shape index (κ2) is 4.10. The topological polar surface area (TPSA) is 70.9 Å². The molecule has 2 rings (SSSR count). The van der Waals surface area contributed by atoms with E-state index in [1.165, 1.54) is 0 Å². The first-order valence-electron chi connectivity index (χ1n) is 4.96. The number of amides is 1. The fraction of sp³-hybridized carbons (Fsp3) is 0.0833. The number of nitrogens with two attached hydrogens (primary N) is 1. The molecule has 1 amide bonds. The van der Waals surface area contributed by atoms with Crippen molar-refractivity contribution in [2.24, 2.45) is 5.73 Å². The summed E-state index contributed by atoms with van der Waals surface area (Å²) in [5.41, 5.74) is 7.49. The number of fused-ring (bicyclic) bond motifs is 1. The molecule has 0 spiro atoms. The molecule has 0 aliphatic rings. The van der Waals surface area contributed by atoms with Crippen molar-refractivity contribution in [2.75, 3.05) is 11.9 Å². The van der Waals surface area contributed by atoms with Gasteiger partial charge in [-0.1, -0.05) is 12.6 Å². The Morgan fingerprint density at radius 1 is 1.44 bits per heavy atom. The number of rotatable bonds is 4. The summed E-state index contributed by atoms with van der Waals surface area (Å²) >= 11 is 0. The Kier molecular flexibility index (Phi) is 2.64. The summed E-state index contributed by atoms with van der Waals surface area (Å²) in [6, 6.07) is 7.85. The van der Waals surface area contributed by atoms with Crippen LogP contribution in [0.2, 0.25) is 0 Å². The number of carbonyl (C=O) groups excluding carboxylic acids is 1. The molecule has 0 saturated carbocycles. The standard InChI is InChI=1S/C12H13N3O/c1-8(12(13)16)7-15-11-4-2-3-10-9(11)5-6-14-10/h2-6,14-15H,1,7H2,(H2,13,16). The molecule has 4 heteroatoms. The first-order valence-corrected chi connectivity index (χ1v) is 4.96. The van der Waals surface area contributed by atoms with Gasteiger partial charge in [0.15, 0.2) is 0 Å². The summed E-state index contributed by atoms with van der Waals surface area (Å²) in [6.07, 6.45) is 1.87. The molecule has 4 N–H and O–H groups in total. The maximum absolute atomic E-state index is 10.8. The predicted octanol–water partition coefficient (Wildman–Crippen LogP) is 1.62. The van der Waals surface area contributed by atoms with E-state index in [9.17, 15) is 4.79 Å². The number of H-pyrrole nitrogens is 1. The Hall–Kier alpha value is -2.23. The summed E-state index contributed by atoms with van der Waals surface area (Å²) in [6.45, 7) is 3.95. The van der Waals surface area contributed by atoms with Gasteiger partial charge in [-0.15, -0.1) is 0 Å². The molecule has 0 unspecified atom stereocenters. The van der Waals surface area contributed by atoms with E-state index in [-0.39, 0.29) is 0 Å². The molecule has 0 fully saturated rings. The highest BCUT2D eigenvalue weighted by Crippen LogP contribution is 2.21. The molecule has 0 aliphatic heterocycles. The van der Waals surface area contributed by atoms with E-state index in [2.05, 4.69) is 16.9 Å². The molecule has 16 heavy (non-hydrogen) atoms. The highest BCUT2D eigenvalue weighted by molar-refractivity contribution is 5.94. The second-order valence-corrected chi connectivity index (χ2v) is 3.57. The predicted molar refractivity (Wildman–Crippen MR) is 65.1 cm³/mol. The lowest BCUT2D eigenvalue weighted by Gasteiger charge is -2.07. The Labute approximate surface area is 93.1 Å². The van der Waals surface area contributed by atoms with Crippen LogP contribution in [0.5, 0.6) is 0 Å². The zero-order valence-corrected chi connectivity index (χ0v) is 8.79. The van der Waals surface area contributed by atoms with Crippen LogP contribution in [0.4, 0.5) is 5.69 Å². The van der Waals surface area contributed by atoms with Crippen LogP contribution in [-0.2, 0) is 4.79 Å². The van der Waals surface area contributed by atoms with Crippen molar-refractivity contribution >= 4 is 22.5 Å². The van der Waals surface area contributed by atoms with Gasteiger partial charge < -0.3 is 16.0 Å². The van der Waals surface area contributed by atoms with Crippen molar-refractivity contribution in [3.8, 4) is 0 Å². The number of carbonyl (C=O) groups is 1. The number of aromatic nitrogens is 1. The van der Waals surface area contributed by atoms with Gasteiger partial charge in [-0.05, 0) is 18.2 Å². The zero-order chi connectivity index (χ0) is 11.5. The monoisotopic (exact) mass is 215 g/mol. The van der Waals surface area contributed by atoms with E-state index in [0.29, 0.717) is 12.1 Å². The van der Waals surface area contributed by atoms with Crippen LogP contribution in [-0.4, -0.2) is 17.4 Å². The number of hydrogen-bond donors (Lipinski definition) is 3. The number of aromatic amines is 1. The Morgan fingerprint density at radius 2 is 2.25 bits per heavy atom. The molecule has 4 nitrogen and oxygen atoms in total. The lowest BCUT2D eigenvalue weighted by molar-refractivity contribution is -0.114. The average Bonchev–Trinajstić information content (AvgIpc) is 2.73. The van der Waals surface area contributed by atoms with Crippen LogP contribution in [0.1, 0.15) is 0 Å². The Morgan fingerprint density at radius 3 is 3.00 bits per heavy atom. The minimum absolute atomic E-state index is 0.361. The van der Waals surface area contributed by atoms with Crippen LogP contribution >= 0.6 is 0 Å². The first kappa shape index (κ1) is 10.3. The van der Waals surface area contributed by atoms with Gasteiger partial charge >= 0.3 is 0 Å². The third-order valence-corrected chi connectivity index (χ3v) is 2.44. The second-order valence-electron chi connectivity index (χ2n) is 3.57. The molecular weight excluding hydrogens is 202 g/mol. The van der Waals surface area contributed by atoms with E-state index in [4.69, 9.17) is 5.73 Å². The quantitative estimate of drug-likeness (QED) is 0.678. The Bertz CT molecular complexity index is 542. The third-order valence-electron chi connectivity index (χ3n) is 2.44. The average molecular weight is 215 g/mol. The van der Waals surface area contributed by atoms with Crippen LogP contribution in [0.25, 0.3) is 10.9 Å².